The molecule has 0 unspecified atom stereocenters. The van der Waals surface area contributed by atoms with Crippen molar-refractivity contribution >= 4 is 40.0 Å². The molecule has 9 heteroatoms. The van der Waals surface area contributed by atoms with E-state index in [1.165, 1.54) is 0 Å². The van der Waals surface area contributed by atoms with E-state index in [1.807, 2.05) is 73.5 Å². The number of nitrogens with one attached hydrogen (secondary N) is 2. The van der Waals surface area contributed by atoms with Gasteiger partial charge in [-0.05, 0) is 30.2 Å². The van der Waals surface area contributed by atoms with E-state index in [9.17, 15) is 8.42 Å². The van der Waals surface area contributed by atoms with E-state index in [2.05, 4.69) is 15.0 Å². The summed E-state index contributed by atoms with van der Waals surface area (Å²) in [6, 6.07) is 17.3. The van der Waals surface area contributed by atoms with Gasteiger partial charge in [0.05, 0.1) is 12.4 Å². The Balaban J connectivity index is 0.00000450. The Hall–Kier alpha value is -1.85. The maximum atomic E-state index is 12.2. The first-order valence-corrected chi connectivity index (χ1v) is 11.2. The molecule has 0 heterocycles. The number of aliphatic imine (C=N–C) groups is 1. The zero-order valence-electron chi connectivity index (χ0n) is 17.7. The Morgan fingerprint density at radius 3 is 2.33 bits per heavy atom. The van der Waals surface area contributed by atoms with E-state index in [1.54, 1.807) is 7.05 Å². The average molecular weight is 546 g/mol. The van der Waals surface area contributed by atoms with Gasteiger partial charge < -0.3 is 15.0 Å². The number of halogens is 1. The second-order valence-electron chi connectivity index (χ2n) is 6.53. The Bertz CT molecular complexity index is 875. The molecule has 0 spiro atoms. The van der Waals surface area contributed by atoms with Gasteiger partial charge in [0, 0.05) is 33.7 Å². The molecule has 2 aromatic rings. The van der Waals surface area contributed by atoms with Gasteiger partial charge in [-0.1, -0.05) is 42.5 Å². The minimum Gasteiger partial charge on any atom is -0.494 e. The maximum absolute atomic E-state index is 12.2. The summed E-state index contributed by atoms with van der Waals surface area (Å²) in [6.45, 7) is 3.79. The van der Waals surface area contributed by atoms with Gasteiger partial charge in [0.1, 0.15) is 5.75 Å². The lowest BCUT2D eigenvalue weighted by atomic mass is 10.2. The van der Waals surface area contributed by atoms with Crippen molar-refractivity contribution in [2.75, 3.05) is 33.0 Å². The summed E-state index contributed by atoms with van der Waals surface area (Å²) in [7, 11) is 0.212. The Morgan fingerprint density at radius 2 is 1.73 bits per heavy atom. The van der Waals surface area contributed by atoms with Gasteiger partial charge in [0.25, 0.3) is 0 Å². The summed E-state index contributed by atoms with van der Waals surface area (Å²) < 4.78 is 32.5. The number of nitrogens with zero attached hydrogens (tertiary/aromatic N) is 2. The standard InChI is InChI=1S/C21H30N4O3S.HI/c1-4-28-20-12-10-19(11-13-20)17-25(3)21(22-2)23-14-15-29(26,27)24-16-18-8-6-5-7-9-18;/h5-13,24H,4,14-17H2,1-3H3,(H,22,23);1H. The van der Waals surface area contributed by atoms with Crippen LogP contribution < -0.4 is 14.8 Å². The molecule has 0 saturated carbocycles. The van der Waals surface area contributed by atoms with Crippen LogP contribution in [-0.2, 0) is 23.1 Å². The monoisotopic (exact) mass is 546 g/mol. The molecule has 0 radical (unpaired) electrons. The highest BCUT2D eigenvalue weighted by Crippen LogP contribution is 2.13. The van der Waals surface area contributed by atoms with Crippen molar-refractivity contribution in [3.8, 4) is 5.75 Å². The van der Waals surface area contributed by atoms with Gasteiger partial charge in [0.15, 0.2) is 5.96 Å². The summed E-state index contributed by atoms with van der Waals surface area (Å²) in [5, 5.41) is 3.11. The lowest BCUT2D eigenvalue weighted by Crippen LogP contribution is -2.41. The lowest BCUT2D eigenvalue weighted by molar-refractivity contribution is 0.340. The fraction of sp³-hybridized carbons (Fsp3) is 0.381. The second kappa shape index (κ2) is 13.5. The molecule has 30 heavy (non-hydrogen) atoms. The van der Waals surface area contributed by atoms with Crippen molar-refractivity contribution in [2.45, 2.75) is 20.0 Å². The predicted octanol–water partition coefficient (Wildman–Crippen LogP) is 2.83. The molecule has 0 aliphatic carbocycles. The van der Waals surface area contributed by atoms with Crippen molar-refractivity contribution in [3.63, 3.8) is 0 Å². The maximum Gasteiger partial charge on any atom is 0.213 e. The van der Waals surface area contributed by atoms with Gasteiger partial charge in [-0.25, -0.2) is 13.1 Å². The summed E-state index contributed by atoms with van der Waals surface area (Å²) in [5.74, 6) is 1.45. The molecule has 0 aliphatic rings. The number of hydrogen-bond acceptors (Lipinski definition) is 4. The number of hydrogen-bond donors (Lipinski definition) is 2. The first kappa shape index (κ1) is 26.2. The quantitative estimate of drug-likeness (QED) is 0.272. The molecule has 166 valence electrons. The minimum atomic E-state index is -3.38. The van der Waals surface area contributed by atoms with Crippen LogP contribution in [-0.4, -0.2) is 52.3 Å². The van der Waals surface area contributed by atoms with Gasteiger partial charge >= 0.3 is 0 Å². The van der Waals surface area contributed by atoms with E-state index in [4.69, 9.17) is 4.74 Å². The minimum absolute atomic E-state index is 0. The molecule has 0 atom stereocenters. The highest BCUT2D eigenvalue weighted by atomic mass is 127. The van der Waals surface area contributed by atoms with Crippen LogP contribution in [0.25, 0.3) is 0 Å². The largest absolute Gasteiger partial charge is 0.494 e. The lowest BCUT2D eigenvalue weighted by Gasteiger charge is -2.22. The molecule has 0 amide bonds. The van der Waals surface area contributed by atoms with Crippen molar-refractivity contribution in [3.05, 3.63) is 65.7 Å². The summed E-state index contributed by atoms with van der Waals surface area (Å²) in [6.07, 6.45) is 0. The molecule has 0 aliphatic heterocycles. The van der Waals surface area contributed by atoms with Crippen LogP contribution in [0.4, 0.5) is 0 Å². The number of benzene rings is 2. The first-order valence-electron chi connectivity index (χ1n) is 9.58. The van der Waals surface area contributed by atoms with Gasteiger partial charge in [-0.3, -0.25) is 4.99 Å². The fourth-order valence-electron chi connectivity index (χ4n) is 2.75. The first-order chi connectivity index (χ1) is 13.9. The molecule has 2 aromatic carbocycles. The molecule has 2 N–H and O–H groups in total. The second-order valence-corrected chi connectivity index (χ2v) is 8.46. The van der Waals surface area contributed by atoms with Crippen LogP contribution in [0.3, 0.4) is 0 Å². The van der Waals surface area contributed by atoms with Gasteiger partial charge in [-0.15, -0.1) is 24.0 Å². The summed E-state index contributed by atoms with van der Waals surface area (Å²) in [4.78, 5) is 6.18. The molecule has 0 aromatic heterocycles. The summed E-state index contributed by atoms with van der Waals surface area (Å²) >= 11 is 0. The van der Waals surface area contributed by atoms with Crippen LogP contribution >= 0.6 is 24.0 Å². The predicted molar refractivity (Wildman–Crippen MR) is 133 cm³/mol. The molecular formula is C21H31IN4O3S. The molecule has 2 rings (SSSR count). The van der Waals surface area contributed by atoms with E-state index in [0.717, 1.165) is 16.9 Å². The number of sulfonamides is 1. The molecule has 0 fully saturated rings. The average Bonchev–Trinajstić information content (AvgIpc) is 2.72. The van der Waals surface area contributed by atoms with Crippen LogP contribution in [0.5, 0.6) is 5.75 Å². The van der Waals surface area contributed by atoms with E-state index < -0.39 is 10.0 Å². The molecule has 7 nitrogen and oxygen atoms in total. The van der Waals surface area contributed by atoms with Crippen LogP contribution in [0.1, 0.15) is 18.1 Å². The third-order valence-corrected chi connectivity index (χ3v) is 5.55. The fourth-order valence-corrected chi connectivity index (χ4v) is 3.65. The third kappa shape index (κ3) is 9.31. The molecular weight excluding hydrogens is 515 g/mol. The Morgan fingerprint density at radius 1 is 1.07 bits per heavy atom. The smallest absolute Gasteiger partial charge is 0.213 e. The zero-order valence-corrected chi connectivity index (χ0v) is 20.8. The number of guanidine groups is 1. The van der Waals surface area contributed by atoms with Crippen molar-refractivity contribution in [1.29, 1.82) is 0 Å². The van der Waals surface area contributed by atoms with Gasteiger partial charge in [0.2, 0.25) is 10.0 Å². The number of rotatable bonds is 10. The molecule has 0 bridgehead atoms. The van der Waals surface area contributed by atoms with Gasteiger partial charge in [-0.2, -0.15) is 0 Å². The Kier molecular flexibility index (Phi) is 11.7. The highest BCUT2D eigenvalue weighted by molar-refractivity contribution is 14.0. The van der Waals surface area contributed by atoms with E-state index in [0.29, 0.717) is 19.1 Å². The van der Waals surface area contributed by atoms with Crippen LogP contribution in [0, 0.1) is 0 Å². The summed E-state index contributed by atoms with van der Waals surface area (Å²) in [5.41, 5.74) is 2.03. The van der Waals surface area contributed by atoms with Crippen LogP contribution in [0.2, 0.25) is 0 Å². The van der Waals surface area contributed by atoms with Crippen LogP contribution in [0.15, 0.2) is 59.6 Å². The molecule has 0 saturated heterocycles. The normalized spacial score (nSPS) is 11.5. The highest BCUT2D eigenvalue weighted by Gasteiger charge is 2.12. The SMILES string of the molecule is CCOc1ccc(CN(C)C(=NC)NCCS(=O)(=O)NCc2ccccc2)cc1.I. The third-order valence-electron chi connectivity index (χ3n) is 4.22. The van der Waals surface area contributed by atoms with E-state index in [-0.39, 0.29) is 42.8 Å². The number of ether oxygens (including phenoxy) is 1. The Labute approximate surface area is 197 Å². The topological polar surface area (TPSA) is 83.0 Å². The van der Waals surface area contributed by atoms with E-state index >= 15 is 0 Å². The zero-order chi connectivity index (χ0) is 21.1. The van der Waals surface area contributed by atoms with Crippen molar-refractivity contribution < 1.29 is 13.2 Å². The van der Waals surface area contributed by atoms with Crippen molar-refractivity contribution in [1.82, 2.24) is 14.9 Å². The van der Waals surface area contributed by atoms with Crippen molar-refractivity contribution in [2.24, 2.45) is 4.99 Å².